The average Bonchev–Trinajstić information content (AvgIpc) is 2.71. The van der Waals surface area contributed by atoms with Crippen molar-refractivity contribution in [3.63, 3.8) is 0 Å². The number of hydrogen-bond donors (Lipinski definition) is 1. The van der Waals surface area contributed by atoms with E-state index in [0.717, 1.165) is 5.69 Å². The molecule has 0 radical (unpaired) electrons. The summed E-state index contributed by atoms with van der Waals surface area (Å²) in [7, 11) is 1.79. The summed E-state index contributed by atoms with van der Waals surface area (Å²) in [4.78, 5) is 0. The van der Waals surface area contributed by atoms with Crippen LogP contribution in [0, 0.1) is 0 Å². The Morgan fingerprint density at radius 1 is 1.32 bits per heavy atom. The largest absolute Gasteiger partial charge is 0.573 e. The summed E-state index contributed by atoms with van der Waals surface area (Å²) >= 11 is 0. The molecule has 0 saturated carbocycles. The van der Waals surface area contributed by atoms with Crippen molar-refractivity contribution < 1.29 is 17.9 Å². The maximum Gasteiger partial charge on any atom is 0.573 e. The van der Waals surface area contributed by atoms with Crippen LogP contribution >= 0.6 is 0 Å². The lowest BCUT2D eigenvalue weighted by molar-refractivity contribution is -0.274. The van der Waals surface area contributed by atoms with E-state index in [4.69, 9.17) is 0 Å². The zero-order valence-electron chi connectivity index (χ0n) is 10.1. The van der Waals surface area contributed by atoms with Crippen LogP contribution in [0.2, 0.25) is 0 Å². The van der Waals surface area contributed by atoms with Crippen LogP contribution in [0.15, 0.2) is 36.5 Å². The third-order valence-corrected chi connectivity index (χ3v) is 2.31. The minimum Gasteiger partial charge on any atom is -0.406 e. The van der Waals surface area contributed by atoms with Gasteiger partial charge in [-0.3, -0.25) is 4.68 Å². The van der Waals surface area contributed by atoms with E-state index < -0.39 is 6.36 Å². The van der Waals surface area contributed by atoms with Crippen LogP contribution in [0.1, 0.15) is 5.69 Å². The molecule has 0 aliphatic rings. The molecule has 7 heteroatoms. The first-order valence-corrected chi connectivity index (χ1v) is 5.50. The van der Waals surface area contributed by atoms with E-state index in [1.165, 1.54) is 18.2 Å². The Labute approximate surface area is 107 Å². The smallest absolute Gasteiger partial charge is 0.406 e. The van der Waals surface area contributed by atoms with E-state index in [0.29, 0.717) is 12.2 Å². The molecule has 4 nitrogen and oxygen atoms in total. The first-order chi connectivity index (χ1) is 8.92. The van der Waals surface area contributed by atoms with Gasteiger partial charge in [0.2, 0.25) is 0 Å². The second-order valence-corrected chi connectivity index (χ2v) is 3.91. The van der Waals surface area contributed by atoms with Gasteiger partial charge in [-0.05, 0) is 18.2 Å². The summed E-state index contributed by atoms with van der Waals surface area (Å²) in [5.74, 6) is -0.251. The zero-order valence-corrected chi connectivity index (χ0v) is 10.1. The first kappa shape index (κ1) is 13.3. The highest BCUT2D eigenvalue weighted by Crippen LogP contribution is 2.25. The Balaban J connectivity index is 1.99. The van der Waals surface area contributed by atoms with Crippen molar-refractivity contribution in [1.82, 2.24) is 9.78 Å². The molecule has 0 unspecified atom stereocenters. The highest BCUT2D eigenvalue weighted by Gasteiger charge is 2.31. The van der Waals surface area contributed by atoms with Gasteiger partial charge in [-0.25, -0.2) is 0 Å². The van der Waals surface area contributed by atoms with Gasteiger partial charge < -0.3 is 10.1 Å². The van der Waals surface area contributed by atoms with E-state index in [-0.39, 0.29) is 5.75 Å². The standard InChI is InChI=1S/C12H12F3N3O/c1-18-6-5-10(17-18)8-16-9-3-2-4-11(7-9)19-12(13,14)15/h2-7,16H,8H2,1H3. The highest BCUT2D eigenvalue weighted by atomic mass is 19.4. The van der Waals surface area contributed by atoms with Gasteiger partial charge >= 0.3 is 6.36 Å². The summed E-state index contributed by atoms with van der Waals surface area (Å²) in [5.41, 5.74) is 1.33. The molecule has 1 N–H and O–H groups in total. The van der Waals surface area contributed by atoms with Crippen molar-refractivity contribution in [2.75, 3.05) is 5.32 Å². The topological polar surface area (TPSA) is 39.1 Å². The van der Waals surface area contributed by atoms with Crippen LogP contribution in [0.5, 0.6) is 5.75 Å². The van der Waals surface area contributed by atoms with Gasteiger partial charge in [-0.1, -0.05) is 6.07 Å². The minimum absolute atomic E-state index is 0.251. The van der Waals surface area contributed by atoms with Crippen molar-refractivity contribution in [2.24, 2.45) is 7.05 Å². The molecule has 2 aromatic rings. The van der Waals surface area contributed by atoms with Gasteiger partial charge in [-0.2, -0.15) is 5.10 Å². The second-order valence-electron chi connectivity index (χ2n) is 3.91. The molecular weight excluding hydrogens is 259 g/mol. The van der Waals surface area contributed by atoms with E-state index in [1.807, 2.05) is 6.07 Å². The van der Waals surface area contributed by atoms with Crippen LogP contribution in [-0.2, 0) is 13.6 Å². The molecule has 2 rings (SSSR count). The maximum atomic E-state index is 12.1. The Morgan fingerprint density at radius 2 is 2.11 bits per heavy atom. The Bertz CT molecular complexity index is 551. The Hall–Kier alpha value is -2.18. The lowest BCUT2D eigenvalue weighted by Crippen LogP contribution is -2.17. The predicted molar refractivity (Wildman–Crippen MR) is 63.7 cm³/mol. The molecule has 0 amide bonds. The van der Waals surface area contributed by atoms with Crippen molar-refractivity contribution in [3.05, 3.63) is 42.2 Å². The van der Waals surface area contributed by atoms with Gasteiger partial charge in [-0.15, -0.1) is 13.2 Å². The molecule has 0 bridgehead atoms. The molecule has 1 heterocycles. The molecule has 0 aliphatic carbocycles. The number of halogens is 3. The van der Waals surface area contributed by atoms with Gasteiger partial charge in [0.05, 0.1) is 12.2 Å². The maximum absolute atomic E-state index is 12.1. The van der Waals surface area contributed by atoms with E-state index in [1.54, 1.807) is 24.0 Å². The second kappa shape index (κ2) is 5.21. The average molecular weight is 271 g/mol. The van der Waals surface area contributed by atoms with E-state index in [9.17, 15) is 13.2 Å². The predicted octanol–water partition coefficient (Wildman–Crippen LogP) is 2.93. The number of aromatic nitrogens is 2. The van der Waals surface area contributed by atoms with Crippen molar-refractivity contribution in [1.29, 1.82) is 0 Å². The molecule has 0 aliphatic heterocycles. The normalized spacial score (nSPS) is 11.4. The molecule has 0 fully saturated rings. The molecular formula is C12H12F3N3O. The van der Waals surface area contributed by atoms with Gasteiger partial charge in [0.1, 0.15) is 5.75 Å². The van der Waals surface area contributed by atoms with Gasteiger partial charge in [0.25, 0.3) is 0 Å². The van der Waals surface area contributed by atoms with E-state index in [2.05, 4.69) is 15.2 Å². The third kappa shape index (κ3) is 4.20. The number of nitrogens with one attached hydrogen (secondary N) is 1. The van der Waals surface area contributed by atoms with Gasteiger partial charge in [0.15, 0.2) is 0 Å². The van der Waals surface area contributed by atoms with E-state index >= 15 is 0 Å². The van der Waals surface area contributed by atoms with Crippen molar-refractivity contribution in [3.8, 4) is 5.75 Å². The number of rotatable bonds is 4. The number of hydrogen-bond acceptors (Lipinski definition) is 3. The monoisotopic (exact) mass is 271 g/mol. The Kier molecular flexibility index (Phi) is 3.64. The first-order valence-electron chi connectivity index (χ1n) is 5.50. The fourth-order valence-corrected chi connectivity index (χ4v) is 1.55. The van der Waals surface area contributed by atoms with Crippen LogP contribution in [0.3, 0.4) is 0 Å². The lowest BCUT2D eigenvalue weighted by atomic mass is 10.3. The SMILES string of the molecule is Cn1ccc(CNc2cccc(OC(F)(F)F)c2)n1. The Morgan fingerprint density at radius 3 is 2.74 bits per heavy atom. The van der Waals surface area contributed by atoms with Gasteiger partial charge in [0, 0.05) is 25.0 Å². The third-order valence-electron chi connectivity index (χ3n) is 2.31. The van der Waals surface area contributed by atoms with Crippen molar-refractivity contribution >= 4 is 5.69 Å². The summed E-state index contributed by atoms with van der Waals surface area (Å²) in [6.45, 7) is 0.427. The van der Waals surface area contributed by atoms with Crippen molar-refractivity contribution in [2.45, 2.75) is 12.9 Å². The molecule has 0 atom stereocenters. The fraction of sp³-hybridized carbons (Fsp3) is 0.250. The summed E-state index contributed by atoms with van der Waals surface area (Å²) < 4.78 is 41.7. The molecule has 102 valence electrons. The van der Waals surface area contributed by atoms with Crippen LogP contribution in [-0.4, -0.2) is 16.1 Å². The highest BCUT2D eigenvalue weighted by molar-refractivity contribution is 5.48. The number of benzene rings is 1. The summed E-state index contributed by atoms with van der Waals surface area (Å²) in [6.07, 6.45) is -2.89. The number of aryl methyl sites for hydroxylation is 1. The number of ether oxygens (including phenoxy) is 1. The number of anilines is 1. The number of alkyl halides is 3. The molecule has 19 heavy (non-hydrogen) atoms. The fourth-order valence-electron chi connectivity index (χ4n) is 1.55. The lowest BCUT2D eigenvalue weighted by Gasteiger charge is -2.10. The summed E-state index contributed by atoms with van der Waals surface area (Å²) in [6, 6.07) is 7.51. The zero-order chi connectivity index (χ0) is 13.9. The van der Waals surface area contributed by atoms with Crippen LogP contribution in [0.25, 0.3) is 0 Å². The van der Waals surface area contributed by atoms with Crippen LogP contribution < -0.4 is 10.1 Å². The quantitative estimate of drug-likeness (QED) is 0.929. The minimum atomic E-state index is -4.68. The number of nitrogens with zero attached hydrogens (tertiary/aromatic N) is 2. The molecule has 1 aromatic heterocycles. The molecule has 0 saturated heterocycles. The molecule has 0 spiro atoms. The van der Waals surface area contributed by atoms with Crippen LogP contribution in [0.4, 0.5) is 18.9 Å². The summed E-state index contributed by atoms with van der Waals surface area (Å²) in [5, 5.41) is 7.13. The molecule has 1 aromatic carbocycles.